The van der Waals surface area contributed by atoms with Gasteiger partial charge in [-0.1, -0.05) is 70.2 Å². The number of hydrogen-bond acceptors (Lipinski definition) is 5. The quantitative estimate of drug-likeness (QED) is 0.327. The van der Waals surface area contributed by atoms with Crippen molar-refractivity contribution in [2.45, 2.75) is 72.4 Å². The summed E-state index contributed by atoms with van der Waals surface area (Å²) in [5.74, 6) is -1.12. The molecule has 0 fully saturated rings. The van der Waals surface area contributed by atoms with Crippen LogP contribution in [0.15, 0.2) is 36.4 Å². The molecule has 0 bridgehead atoms. The molecule has 0 aliphatic rings. The van der Waals surface area contributed by atoms with Crippen LogP contribution in [-0.4, -0.2) is 51.6 Å². The zero-order chi connectivity index (χ0) is 25.0. The van der Waals surface area contributed by atoms with Crippen molar-refractivity contribution in [3.05, 3.63) is 42.0 Å². The molecular weight excluding hydrogens is 420 g/mol. The molecule has 184 valence electrons. The van der Waals surface area contributed by atoms with Crippen LogP contribution in [0.3, 0.4) is 0 Å². The minimum absolute atomic E-state index is 0.0357. The highest BCUT2D eigenvalue weighted by Crippen LogP contribution is 2.19. The maximum Gasteiger partial charge on any atom is 0.268 e. The molecule has 0 saturated carbocycles. The van der Waals surface area contributed by atoms with Crippen molar-refractivity contribution in [3.63, 3.8) is 0 Å². The Balaban J connectivity index is 3.37. The fraction of sp³-hybridized carbons (Fsp3) is 0.560. The lowest BCUT2D eigenvalue weighted by atomic mass is 10.1. The molecule has 4 N–H and O–H groups in total. The average Bonchev–Trinajstić information content (AvgIpc) is 2.75. The normalized spacial score (nSPS) is 13.2. The summed E-state index contributed by atoms with van der Waals surface area (Å²) >= 11 is 0. The van der Waals surface area contributed by atoms with Gasteiger partial charge in [-0.3, -0.25) is 24.6 Å². The largest absolute Gasteiger partial charge is 0.327 e. The second-order valence-electron chi connectivity index (χ2n) is 9.26. The SMILES string of the molecule is CC(C)CCC(=O)N([C@@H](CC=Cc1ccccc1)C(=O)NO)N(CC(C)C)C(=O)CC(C)N. The van der Waals surface area contributed by atoms with E-state index in [1.807, 2.05) is 64.1 Å². The number of rotatable bonds is 12. The smallest absolute Gasteiger partial charge is 0.268 e. The Morgan fingerprint density at radius 2 is 1.67 bits per heavy atom. The molecule has 33 heavy (non-hydrogen) atoms. The van der Waals surface area contributed by atoms with Crippen molar-refractivity contribution < 1.29 is 19.6 Å². The molecule has 1 aromatic rings. The Bertz CT molecular complexity index is 778. The Kier molecular flexibility index (Phi) is 12.4. The molecule has 0 spiro atoms. The van der Waals surface area contributed by atoms with Gasteiger partial charge in [0.1, 0.15) is 6.04 Å². The molecule has 3 amide bonds. The van der Waals surface area contributed by atoms with Crippen molar-refractivity contribution in [1.29, 1.82) is 0 Å². The van der Waals surface area contributed by atoms with Crippen LogP contribution in [0.4, 0.5) is 0 Å². The third-order valence-electron chi connectivity index (χ3n) is 4.95. The van der Waals surface area contributed by atoms with E-state index in [9.17, 15) is 19.6 Å². The fourth-order valence-electron chi connectivity index (χ4n) is 3.33. The lowest BCUT2D eigenvalue weighted by molar-refractivity contribution is -0.175. The molecule has 8 nitrogen and oxygen atoms in total. The second kappa shape index (κ2) is 14.4. The van der Waals surface area contributed by atoms with Gasteiger partial charge in [0.2, 0.25) is 11.8 Å². The molecule has 1 aromatic carbocycles. The van der Waals surface area contributed by atoms with E-state index in [2.05, 4.69) is 0 Å². The molecule has 0 aromatic heterocycles. The summed E-state index contributed by atoms with van der Waals surface area (Å²) in [5, 5.41) is 12.0. The van der Waals surface area contributed by atoms with Crippen molar-refractivity contribution in [3.8, 4) is 0 Å². The number of amides is 3. The van der Waals surface area contributed by atoms with Gasteiger partial charge < -0.3 is 5.73 Å². The summed E-state index contributed by atoms with van der Waals surface area (Å²) in [5.41, 5.74) is 8.47. The first-order valence-electron chi connectivity index (χ1n) is 11.6. The van der Waals surface area contributed by atoms with Gasteiger partial charge in [-0.15, -0.1) is 0 Å². The molecule has 0 saturated heterocycles. The van der Waals surface area contributed by atoms with Crippen LogP contribution in [-0.2, 0) is 14.4 Å². The zero-order valence-corrected chi connectivity index (χ0v) is 20.5. The van der Waals surface area contributed by atoms with E-state index < -0.39 is 18.0 Å². The fourth-order valence-corrected chi connectivity index (χ4v) is 3.33. The van der Waals surface area contributed by atoms with E-state index in [4.69, 9.17) is 5.73 Å². The number of hydrazine groups is 1. The van der Waals surface area contributed by atoms with E-state index in [1.165, 1.54) is 10.0 Å². The Morgan fingerprint density at radius 1 is 1.03 bits per heavy atom. The predicted molar refractivity (Wildman–Crippen MR) is 130 cm³/mol. The first-order valence-corrected chi connectivity index (χ1v) is 11.6. The lowest BCUT2D eigenvalue weighted by Crippen LogP contribution is -2.60. The summed E-state index contributed by atoms with van der Waals surface area (Å²) < 4.78 is 0. The van der Waals surface area contributed by atoms with Gasteiger partial charge in [-0.05, 0) is 37.2 Å². The maximum absolute atomic E-state index is 13.4. The number of benzene rings is 1. The highest BCUT2D eigenvalue weighted by molar-refractivity contribution is 5.89. The van der Waals surface area contributed by atoms with Gasteiger partial charge in [0, 0.05) is 25.4 Å². The van der Waals surface area contributed by atoms with Crippen LogP contribution in [0.5, 0.6) is 0 Å². The molecule has 8 heteroatoms. The van der Waals surface area contributed by atoms with Crippen LogP contribution in [0.25, 0.3) is 6.08 Å². The summed E-state index contributed by atoms with van der Waals surface area (Å²) in [6.45, 7) is 9.84. The number of nitrogens with one attached hydrogen (secondary N) is 1. The topological polar surface area (TPSA) is 116 Å². The summed E-state index contributed by atoms with van der Waals surface area (Å²) in [6, 6.07) is 8.05. The van der Waals surface area contributed by atoms with E-state index in [0.29, 0.717) is 6.42 Å². The minimum Gasteiger partial charge on any atom is -0.327 e. The Labute approximate surface area is 197 Å². The van der Waals surface area contributed by atoms with Crippen LogP contribution in [0.2, 0.25) is 0 Å². The highest BCUT2D eigenvalue weighted by atomic mass is 16.5. The number of nitrogens with zero attached hydrogens (tertiary/aromatic N) is 2. The minimum atomic E-state index is -1.09. The van der Waals surface area contributed by atoms with Gasteiger partial charge in [-0.2, -0.15) is 0 Å². The van der Waals surface area contributed by atoms with Crippen molar-refractivity contribution in [2.75, 3.05) is 6.54 Å². The lowest BCUT2D eigenvalue weighted by Gasteiger charge is -2.40. The standard InChI is InChI=1S/C25H40N4O4/c1-18(2)14-15-23(30)29(28(17-19(3)4)24(31)16-20(5)26)22(25(32)27-33)13-9-12-21-10-7-6-8-11-21/h6-12,18-20,22,33H,13-17,26H2,1-5H3,(H,27,32)/t20?,22-/m0/s1. The van der Waals surface area contributed by atoms with Gasteiger partial charge in [0.25, 0.3) is 5.91 Å². The van der Waals surface area contributed by atoms with E-state index in [0.717, 1.165) is 5.56 Å². The molecule has 1 rings (SSSR count). The summed E-state index contributed by atoms with van der Waals surface area (Å²) in [4.78, 5) is 39.2. The number of carbonyl (C=O) groups excluding carboxylic acids is 3. The Morgan fingerprint density at radius 3 is 2.18 bits per heavy atom. The van der Waals surface area contributed by atoms with Gasteiger partial charge in [0.05, 0.1) is 0 Å². The van der Waals surface area contributed by atoms with Crippen LogP contribution in [0.1, 0.15) is 65.9 Å². The molecule has 2 atom stereocenters. The first kappa shape index (κ1) is 28.3. The zero-order valence-electron chi connectivity index (χ0n) is 20.5. The predicted octanol–water partition coefficient (Wildman–Crippen LogP) is 3.37. The van der Waals surface area contributed by atoms with E-state index in [-0.39, 0.29) is 49.5 Å². The molecule has 0 radical (unpaired) electrons. The summed E-state index contributed by atoms with van der Waals surface area (Å²) in [6.07, 6.45) is 4.55. The van der Waals surface area contributed by atoms with Gasteiger partial charge in [-0.25, -0.2) is 10.5 Å². The van der Waals surface area contributed by atoms with Crippen molar-refractivity contribution >= 4 is 23.8 Å². The summed E-state index contributed by atoms with van der Waals surface area (Å²) in [7, 11) is 0. The monoisotopic (exact) mass is 460 g/mol. The highest BCUT2D eigenvalue weighted by Gasteiger charge is 2.36. The van der Waals surface area contributed by atoms with Gasteiger partial charge >= 0.3 is 0 Å². The first-order chi connectivity index (χ1) is 15.6. The molecule has 1 unspecified atom stereocenters. The van der Waals surface area contributed by atoms with E-state index >= 15 is 0 Å². The van der Waals surface area contributed by atoms with Crippen LogP contribution >= 0.6 is 0 Å². The number of hydrogen-bond donors (Lipinski definition) is 3. The van der Waals surface area contributed by atoms with Gasteiger partial charge in [0.15, 0.2) is 0 Å². The molecular formula is C25H40N4O4. The third-order valence-corrected chi connectivity index (χ3v) is 4.95. The maximum atomic E-state index is 13.4. The second-order valence-corrected chi connectivity index (χ2v) is 9.26. The third kappa shape index (κ3) is 10.2. The number of nitrogens with two attached hydrogens (primary N) is 1. The Hall–Kier alpha value is -2.71. The number of hydroxylamine groups is 1. The van der Waals surface area contributed by atoms with E-state index in [1.54, 1.807) is 18.5 Å². The van der Waals surface area contributed by atoms with Crippen LogP contribution < -0.4 is 11.2 Å². The van der Waals surface area contributed by atoms with Crippen LogP contribution in [0, 0.1) is 11.8 Å². The van der Waals surface area contributed by atoms with Crippen molar-refractivity contribution in [1.82, 2.24) is 15.5 Å². The molecule has 0 heterocycles. The molecule has 0 aliphatic carbocycles. The average molecular weight is 461 g/mol. The molecule has 0 aliphatic heterocycles. The van der Waals surface area contributed by atoms with Crippen molar-refractivity contribution in [2.24, 2.45) is 17.6 Å². The number of carbonyl (C=O) groups is 3.